The molecular weight excluding hydrogens is 274 g/mol. The van der Waals surface area contributed by atoms with Gasteiger partial charge in [-0.2, -0.15) is 5.26 Å². The zero-order valence-corrected chi connectivity index (χ0v) is 12.7. The number of carboxylic acid groups (broad SMARTS) is 1. The molecule has 118 valence electrons. The predicted molar refractivity (Wildman–Crippen MR) is 75.6 cm³/mol. The van der Waals surface area contributed by atoms with Gasteiger partial charge in [-0.25, -0.2) is 4.79 Å². The summed E-state index contributed by atoms with van der Waals surface area (Å²) < 4.78 is 4.98. The van der Waals surface area contributed by atoms with Gasteiger partial charge < -0.3 is 19.6 Å². The fourth-order valence-electron chi connectivity index (χ4n) is 2.54. The molecule has 0 aromatic carbocycles. The third-order valence-corrected chi connectivity index (χ3v) is 4.08. The number of ether oxygens (including phenoxy) is 1. The molecule has 1 rings (SSSR count). The molecule has 0 bridgehead atoms. The number of carboxylic acids is 1. The number of amides is 2. The number of carbonyl (C=O) groups is 2. The topological polar surface area (TPSA) is 93.9 Å². The number of carbonyl (C=O) groups excluding carboxylic acids is 1. The minimum atomic E-state index is -0.847. The zero-order chi connectivity index (χ0) is 15.9. The summed E-state index contributed by atoms with van der Waals surface area (Å²) in [7, 11) is 1.55. The number of hydrogen-bond donors (Lipinski definition) is 1. The summed E-state index contributed by atoms with van der Waals surface area (Å²) in [6.07, 6.45) is 1.23. The van der Waals surface area contributed by atoms with E-state index in [4.69, 9.17) is 10.00 Å². The maximum atomic E-state index is 12.5. The van der Waals surface area contributed by atoms with Gasteiger partial charge in [0.05, 0.1) is 24.5 Å². The van der Waals surface area contributed by atoms with Crippen LogP contribution in [0.2, 0.25) is 0 Å². The molecule has 0 radical (unpaired) electrons. The first-order chi connectivity index (χ1) is 10.0. The van der Waals surface area contributed by atoms with Gasteiger partial charge in [0.25, 0.3) is 0 Å². The minimum Gasteiger partial charge on any atom is -0.481 e. The van der Waals surface area contributed by atoms with Gasteiger partial charge in [0.2, 0.25) is 0 Å². The molecule has 1 unspecified atom stereocenters. The Hall–Kier alpha value is -1.81. The molecule has 1 atom stereocenters. The predicted octanol–water partition coefficient (Wildman–Crippen LogP) is 1.16. The van der Waals surface area contributed by atoms with Crippen molar-refractivity contribution in [1.29, 1.82) is 5.26 Å². The van der Waals surface area contributed by atoms with Crippen molar-refractivity contribution in [1.82, 2.24) is 9.80 Å². The number of methoxy groups -OCH3 is 1. The van der Waals surface area contributed by atoms with Crippen LogP contribution in [0, 0.1) is 16.7 Å². The van der Waals surface area contributed by atoms with E-state index in [1.165, 1.54) is 0 Å². The summed E-state index contributed by atoms with van der Waals surface area (Å²) in [6.45, 7) is 3.63. The van der Waals surface area contributed by atoms with Crippen LogP contribution in [-0.2, 0) is 9.53 Å². The molecule has 7 heteroatoms. The number of nitriles is 1. The molecule has 1 saturated heterocycles. The van der Waals surface area contributed by atoms with Gasteiger partial charge >= 0.3 is 12.0 Å². The van der Waals surface area contributed by atoms with Crippen LogP contribution in [0.4, 0.5) is 4.79 Å². The van der Waals surface area contributed by atoms with Gasteiger partial charge in [0.1, 0.15) is 0 Å². The molecule has 1 fully saturated rings. The van der Waals surface area contributed by atoms with Gasteiger partial charge in [-0.05, 0) is 12.8 Å². The van der Waals surface area contributed by atoms with E-state index >= 15 is 0 Å². The zero-order valence-electron chi connectivity index (χ0n) is 12.7. The molecule has 0 saturated carbocycles. The Morgan fingerprint density at radius 2 is 2.19 bits per heavy atom. The van der Waals surface area contributed by atoms with Crippen LogP contribution in [0.5, 0.6) is 0 Å². The van der Waals surface area contributed by atoms with E-state index in [9.17, 15) is 14.7 Å². The third-order valence-electron chi connectivity index (χ3n) is 4.08. The highest BCUT2D eigenvalue weighted by Crippen LogP contribution is 2.34. The van der Waals surface area contributed by atoms with Crippen molar-refractivity contribution in [2.24, 2.45) is 5.41 Å². The average molecular weight is 297 g/mol. The van der Waals surface area contributed by atoms with Crippen molar-refractivity contribution in [3.05, 3.63) is 0 Å². The Kier molecular flexibility index (Phi) is 6.43. The third kappa shape index (κ3) is 4.08. The summed E-state index contributed by atoms with van der Waals surface area (Å²) in [6, 6.07) is 1.81. The Morgan fingerprint density at radius 1 is 1.48 bits per heavy atom. The Morgan fingerprint density at radius 3 is 2.67 bits per heavy atom. The molecule has 2 amide bonds. The number of urea groups is 1. The number of nitrogens with zero attached hydrogens (tertiary/aromatic N) is 3. The first-order valence-corrected chi connectivity index (χ1v) is 7.14. The van der Waals surface area contributed by atoms with E-state index in [0.717, 1.165) is 0 Å². The second kappa shape index (κ2) is 7.84. The van der Waals surface area contributed by atoms with Gasteiger partial charge in [0.15, 0.2) is 0 Å². The van der Waals surface area contributed by atoms with Gasteiger partial charge in [0, 0.05) is 33.3 Å². The van der Waals surface area contributed by atoms with Crippen LogP contribution in [0.15, 0.2) is 0 Å². The van der Waals surface area contributed by atoms with Crippen molar-refractivity contribution in [2.75, 3.05) is 39.9 Å². The minimum absolute atomic E-state index is 0.209. The highest BCUT2D eigenvalue weighted by atomic mass is 16.5. The molecular formula is C14H23N3O4. The van der Waals surface area contributed by atoms with Gasteiger partial charge in [-0.3, -0.25) is 4.79 Å². The van der Waals surface area contributed by atoms with Gasteiger partial charge in [-0.15, -0.1) is 0 Å². The van der Waals surface area contributed by atoms with Crippen LogP contribution >= 0.6 is 0 Å². The highest BCUT2D eigenvalue weighted by Gasteiger charge is 2.45. The number of likely N-dealkylation sites (tertiary alicyclic amines) is 1. The molecule has 0 aliphatic carbocycles. The highest BCUT2D eigenvalue weighted by molar-refractivity contribution is 5.79. The van der Waals surface area contributed by atoms with E-state index in [0.29, 0.717) is 39.1 Å². The normalized spacial score (nSPS) is 21.1. The van der Waals surface area contributed by atoms with Crippen molar-refractivity contribution in [3.8, 4) is 6.07 Å². The monoisotopic (exact) mass is 297 g/mol. The van der Waals surface area contributed by atoms with Crippen LogP contribution in [0.1, 0.15) is 26.2 Å². The number of hydrogen-bond acceptors (Lipinski definition) is 4. The molecule has 0 spiro atoms. The SMILES string of the molecule is CCC1(C(=O)O)CCN(C(=O)N(CCC#N)CCOC)C1. The second-order valence-electron chi connectivity index (χ2n) is 5.28. The molecule has 1 aliphatic rings. The average Bonchev–Trinajstić information content (AvgIpc) is 2.92. The van der Waals surface area contributed by atoms with E-state index in [1.807, 2.05) is 13.0 Å². The lowest BCUT2D eigenvalue weighted by Crippen LogP contribution is -2.45. The summed E-state index contributed by atoms with van der Waals surface area (Å²) in [4.78, 5) is 27.0. The lowest BCUT2D eigenvalue weighted by atomic mass is 9.84. The Labute approximate surface area is 125 Å². The second-order valence-corrected chi connectivity index (χ2v) is 5.28. The van der Waals surface area contributed by atoms with E-state index in [2.05, 4.69) is 0 Å². The first kappa shape index (κ1) is 17.2. The summed E-state index contributed by atoms with van der Waals surface area (Å²) in [5, 5.41) is 18.0. The molecule has 0 aromatic rings. The fourth-order valence-corrected chi connectivity index (χ4v) is 2.54. The lowest BCUT2D eigenvalue weighted by Gasteiger charge is -2.29. The standard InChI is InChI=1S/C14H23N3O4/c1-3-14(12(18)19)5-8-17(11-14)13(20)16(7-4-6-15)9-10-21-2/h3-5,7-11H2,1-2H3,(H,18,19). The van der Waals surface area contributed by atoms with Crippen LogP contribution < -0.4 is 0 Å². The quantitative estimate of drug-likeness (QED) is 0.761. The number of aliphatic carboxylic acids is 1. The van der Waals surface area contributed by atoms with Crippen LogP contribution in [-0.4, -0.2) is 66.8 Å². The van der Waals surface area contributed by atoms with Crippen molar-refractivity contribution in [2.45, 2.75) is 26.2 Å². The lowest BCUT2D eigenvalue weighted by molar-refractivity contribution is -0.148. The molecule has 1 aliphatic heterocycles. The Balaban J connectivity index is 2.72. The molecule has 1 N–H and O–H groups in total. The Bertz CT molecular complexity index is 421. The summed E-state index contributed by atoms with van der Waals surface area (Å²) in [5.41, 5.74) is -0.836. The van der Waals surface area contributed by atoms with Crippen molar-refractivity contribution >= 4 is 12.0 Å². The molecule has 21 heavy (non-hydrogen) atoms. The maximum Gasteiger partial charge on any atom is 0.320 e. The van der Waals surface area contributed by atoms with E-state index in [1.54, 1.807) is 16.9 Å². The molecule has 7 nitrogen and oxygen atoms in total. The summed E-state index contributed by atoms with van der Waals surface area (Å²) in [5.74, 6) is -0.847. The first-order valence-electron chi connectivity index (χ1n) is 7.14. The summed E-state index contributed by atoms with van der Waals surface area (Å²) >= 11 is 0. The van der Waals surface area contributed by atoms with E-state index in [-0.39, 0.29) is 19.0 Å². The largest absolute Gasteiger partial charge is 0.481 e. The molecule has 1 heterocycles. The smallest absolute Gasteiger partial charge is 0.320 e. The fraction of sp³-hybridized carbons (Fsp3) is 0.786. The van der Waals surface area contributed by atoms with Crippen LogP contribution in [0.3, 0.4) is 0 Å². The van der Waals surface area contributed by atoms with Crippen molar-refractivity contribution < 1.29 is 19.4 Å². The molecule has 0 aromatic heterocycles. The van der Waals surface area contributed by atoms with Crippen LogP contribution in [0.25, 0.3) is 0 Å². The maximum absolute atomic E-state index is 12.5. The van der Waals surface area contributed by atoms with E-state index < -0.39 is 11.4 Å². The van der Waals surface area contributed by atoms with Gasteiger partial charge in [-0.1, -0.05) is 6.92 Å². The number of rotatable bonds is 7. The van der Waals surface area contributed by atoms with Crippen molar-refractivity contribution in [3.63, 3.8) is 0 Å².